The van der Waals surface area contributed by atoms with Crippen LogP contribution in [0.5, 0.6) is 0 Å². The number of primary amides is 1. The molecule has 1 unspecified atom stereocenters. The quantitative estimate of drug-likeness (QED) is 0.708. The second-order valence-corrected chi connectivity index (χ2v) is 7.94. The molecule has 1 spiro atoms. The number of hydrogen-bond donors (Lipinski definition) is 2. The molecular formula is C20H20ClN5O2. The molecule has 7 nitrogen and oxygen atoms in total. The summed E-state index contributed by atoms with van der Waals surface area (Å²) < 4.78 is 6.24. The van der Waals surface area contributed by atoms with Crippen molar-refractivity contribution in [3.05, 3.63) is 58.6 Å². The molecule has 1 saturated heterocycles. The monoisotopic (exact) mass is 397 g/mol. The maximum absolute atomic E-state index is 11.9. The van der Waals surface area contributed by atoms with Crippen LogP contribution in [0.1, 0.15) is 35.6 Å². The van der Waals surface area contributed by atoms with Gasteiger partial charge in [0.2, 0.25) is 0 Å². The third-order valence-corrected chi connectivity index (χ3v) is 6.12. The Morgan fingerprint density at radius 3 is 3.00 bits per heavy atom. The lowest BCUT2D eigenvalue weighted by molar-refractivity contribution is -0.148. The van der Waals surface area contributed by atoms with E-state index in [0.29, 0.717) is 5.02 Å². The number of halogens is 1. The van der Waals surface area contributed by atoms with E-state index < -0.39 is 17.6 Å². The van der Waals surface area contributed by atoms with E-state index >= 15 is 0 Å². The number of piperidine rings is 1. The molecule has 1 atom stereocenters. The number of fused-ring (bicyclic) bond motifs is 3. The molecule has 144 valence electrons. The van der Waals surface area contributed by atoms with Crippen molar-refractivity contribution < 1.29 is 9.53 Å². The van der Waals surface area contributed by atoms with Gasteiger partial charge in [0.15, 0.2) is 6.10 Å². The number of rotatable bonds is 3. The molecule has 4 heterocycles. The predicted molar refractivity (Wildman–Crippen MR) is 105 cm³/mol. The molecule has 2 aromatic heterocycles. The number of carbonyl (C=O) groups excluding carboxylic acids is 1. The number of likely N-dealkylation sites (tertiary alicyclic amines) is 1. The molecule has 0 aliphatic carbocycles. The topological polar surface area (TPSA) is 97.1 Å². The molecule has 3 aromatic rings. The van der Waals surface area contributed by atoms with E-state index in [2.05, 4.69) is 19.9 Å². The van der Waals surface area contributed by atoms with E-state index in [1.54, 1.807) is 12.4 Å². The van der Waals surface area contributed by atoms with Crippen LogP contribution in [0, 0.1) is 0 Å². The summed E-state index contributed by atoms with van der Waals surface area (Å²) >= 11 is 6.23. The summed E-state index contributed by atoms with van der Waals surface area (Å²) in [7, 11) is 0. The number of ether oxygens (including phenoxy) is 1. The summed E-state index contributed by atoms with van der Waals surface area (Å²) in [5.74, 6) is -0.457. The van der Waals surface area contributed by atoms with E-state index in [0.717, 1.165) is 54.6 Å². The first kappa shape index (κ1) is 17.6. The Balaban J connectivity index is 1.37. The number of hydrogen-bond acceptors (Lipinski definition) is 5. The molecule has 0 radical (unpaired) electrons. The molecule has 8 heteroatoms. The third kappa shape index (κ3) is 2.78. The Morgan fingerprint density at radius 1 is 1.39 bits per heavy atom. The fourth-order valence-electron chi connectivity index (χ4n) is 4.46. The van der Waals surface area contributed by atoms with Gasteiger partial charge in [-0.3, -0.25) is 9.69 Å². The van der Waals surface area contributed by atoms with E-state index in [1.807, 2.05) is 24.5 Å². The molecule has 2 aliphatic rings. The van der Waals surface area contributed by atoms with Gasteiger partial charge in [0.1, 0.15) is 12.0 Å². The smallest absolute Gasteiger partial charge is 0.251 e. The average molecular weight is 398 g/mol. The van der Waals surface area contributed by atoms with Crippen molar-refractivity contribution in [2.75, 3.05) is 13.1 Å². The van der Waals surface area contributed by atoms with Crippen molar-refractivity contribution >= 4 is 28.5 Å². The maximum atomic E-state index is 11.9. The highest BCUT2D eigenvalue weighted by Gasteiger charge is 2.48. The summed E-state index contributed by atoms with van der Waals surface area (Å²) in [4.78, 5) is 25.9. The molecule has 1 amide bonds. The lowest BCUT2D eigenvalue weighted by Crippen LogP contribution is -2.42. The average Bonchev–Trinajstić information content (AvgIpc) is 3.24. The Kier molecular flexibility index (Phi) is 4.12. The third-order valence-electron chi connectivity index (χ3n) is 5.89. The molecule has 1 fully saturated rings. The SMILES string of the molecule is NC(=O)C1OC2(CCN(Cc3c[nH]c4ncncc34)CC2)c2cc(Cl)ccc21. The van der Waals surface area contributed by atoms with Crippen LogP contribution < -0.4 is 5.73 Å². The zero-order valence-corrected chi connectivity index (χ0v) is 15.9. The van der Waals surface area contributed by atoms with E-state index in [9.17, 15) is 4.79 Å². The van der Waals surface area contributed by atoms with E-state index in [1.165, 1.54) is 5.56 Å². The van der Waals surface area contributed by atoms with Crippen LogP contribution in [0.4, 0.5) is 0 Å². The number of nitrogens with one attached hydrogen (secondary N) is 1. The van der Waals surface area contributed by atoms with E-state index in [4.69, 9.17) is 22.1 Å². The van der Waals surface area contributed by atoms with E-state index in [-0.39, 0.29) is 0 Å². The van der Waals surface area contributed by atoms with Gasteiger partial charge >= 0.3 is 0 Å². The number of aromatic amines is 1. The van der Waals surface area contributed by atoms with Gasteiger partial charge in [-0.05, 0) is 41.7 Å². The second kappa shape index (κ2) is 6.55. The molecule has 0 bridgehead atoms. The van der Waals surface area contributed by atoms with Crippen LogP contribution in [0.15, 0.2) is 36.9 Å². The number of H-pyrrole nitrogens is 1. The first-order valence-corrected chi connectivity index (χ1v) is 9.69. The van der Waals surface area contributed by atoms with Gasteiger partial charge < -0.3 is 15.5 Å². The van der Waals surface area contributed by atoms with Crippen LogP contribution in [-0.4, -0.2) is 38.8 Å². The molecule has 0 saturated carbocycles. The number of aromatic nitrogens is 3. The van der Waals surface area contributed by atoms with Crippen LogP contribution in [-0.2, 0) is 21.7 Å². The predicted octanol–water partition coefficient (Wildman–Crippen LogP) is 2.66. The lowest BCUT2D eigenvalue weighted by Gasteiger charge is -2.39. The zero-order chi connectivity index (χ0) is 19.3. The maximum Gasteiger partial charge on any atom is 0.251 e. The van der Waals surface area contributed by atoms with Crippen LogP contribution in [0.2, 0.25) is 5.02 Å². The van der Waals surface area contributed by atoms with Gasteiger partial charge in [-0.2, -0.15) is 0 Å². The minimum absolute atomic E-state index is 0.457. The number of nitrogens with zero attached hydrogens (tertiary/aromatic N) is 3. The Bertz CT molecular complexity index is 1060. The number of benzene rings is 1. The minimum atomic E-state index is -0.704. The Hall–Kier alpha value is -2.48. The first-order chi connectivity index (χ1) is 13.6. The largest absolute Gasteiger partial charge is 0.367 e. The number of nitrogens with two attached hydrogens (primary N) is 1. The molecule has 1 aromatic carbocycles. The molecule has 3 N–H and O–H groups in total. The summed E-state index contributed by atoms with van der Waals surface area (Å²) in [6.45, 7) is 2.50. The summed E-state index contributed by atoms with van der Waals surface area (Å²) in [6.07, 6.45) is 6.24. The normalized spacial score (nSPS) is 21.2. The van der Waals surface area contributed by atoms with Crippen LogP contribution in [0.3, 0.4) is 0 Å². The highest BCUT2D eigenvalue weighted by Crippen LogP contribution is 2.50. The molecular weight excluding hydrogens is 378 g/mol. The highest BCUT2D eigenvalue weighted by atomic mass is 35.5. The first-order valence-electron chi connectivity index (χ1n) is 9.31. The van der Waals surface area contributed by atoms with Crippen molar-refractivity contribution in [3.8, 4) is 0 Å². The zero-order valence-electron chi connectivity index (χ0n) is 15.2. The van der Waals surface area contributed by atoms with Crippen molar-refractivity contribution in [1.29, 1.82) is 0 Å². The summed E-state index contributed by atoms with van der Waals surface area (Å²) in [6, 6.07) is 5.57. The van der Waals surface area contributed by atoms with Crippen molar-refractivity contribution in [2.45, 2.75) is 31.1 Å². The standard InChI is InChI=1S/C20H20ClN5O2/c21-13-1-2-14-16(7-13)20(28-17(14)18(22)27)3-5-26(6-4-20)10-12-8-24-19-15(12)9-23-11-25-19/h1-2,7-9,11,17H,3-6,10H2,(H2,22,27)(H,23,24,25). The Labute approximate surface area is 166 Å². The van der Waals surface area contributed by atoms with Gasteiger partial charge in [0, 0.05) is 42.4 Å². The van der Waals surface area contributed by atoms with Crippen molar-refractivity contribution in [3.63, 3.8) is 0 Å². The summed E-state index contributed by atoms with van der Waals surface area (Å²) in [5, 5.41) is 1.69. The second-order valence-electron chi connectivity index (χ2n) is 7.50. The van der Waals surface area contributed by atoms with Crippen LogP contribution in [0.25, 0.3) is 11.0 Å². The summed E-state index contributed by atoms with van der Waals surface area (Å²) in [5.41, 5.74) is 8.97. The molecule has 28 heavy (non-hydrogen) atoms. The van der Waals surface area contributed by atoms with Crippen molar-refractivity contribution in [1.82, 2.24) is 19.9 Å². The fraction of sp³-hybridized carbons (Fsp3) is 0.350. The minimum Gasteiger partial charge on any atom is -0.367 e. The van der Waals surface area contributed by atoms with Gasteiger partial charge in [0.25, 0.3) is 5.91 Å². The van der Waals surface area contributed by atoms with Gasteiger partial charge in [-0.25, -0.2) is 9.97 Å². The number of amides is 1. The van der Waals surface area contributed by atoms with Gasteiger partial charge in [0.05, 0.1) is 5.60 Å². The number of carbonyl (C=O) groups is 1. The van der Waals surface area contributed by atoms with Gasteiger partial charge in [-0.15, -0.1) is 0 Å². The highest BCUT2D eigenvalue weighted by molar-refractivity contribution is 6.30. The Morgan fingerprint density at radius 2 is 2.21 bits per heavy atom. The van der Waals surface area contributed by atoms with Crippen molar-refractivity contribution in [2.24, 2.45) is 5.73 Å². The van der Waals surface area contributed by atoms with Crippen LogP contribution >= 0.6 is 11.6 Å². The van der Waals surface area contributed by atoms with Gasteiger partial charge in [-0.1, -0.05) is 17.7 Å². The fourth-order valence-corrected chi connectivity index (χ4v) is 4.63. The molecule has 5 rings (SSSR count). The lowest BCUT2D eigenvalue weighted by atomic mass is 9.83. The molecule has 2 aliphatic heterocycles.